The van der Waals surface area contributed by atoms with Crippen molar-refractivity contribution < 1.29 is 22.8 Å². The minimum absolute atomic E-state index is 0.234. The zero-order chi connectivity index (χ0) is 20.1. The summed E-state index contributed by atoms with van der Waals surface area (Å²) < 4.78 is 37.9. The summed E-state index contributed by atoms with van der Waals surface area (Å²) in [4.78, 5) is 37.2. The molecular weight excluding hydrogens is 375 g/mol. The topological polar surface area (TPSA) is 69.6 Å². The summed E-state index contributed by atoms with van der Waals surface area (Å²) in [5, 5.41) is 0. The van der Waals surface area contributed by atoms with E-state index in [9.17, 15) is 22.8 Å². The molecule has 152 valence electrons. The van der Waals surface area contributed by atoms with Gasteiger partial charge in [-0.15, -0.1) is 0 Å². The number of amides is 3. The maximum Gasteiger partial charge on any atom is 0.406 e. The van der Waals surface area contributed by atoms with Crippen LogP contribution in [0.5, 0.6) is 0 Å². The Balaban J connectivity index is 1.43. The first kappa shape index (κ1) is 18.9. The largest absolute Gasteiger partial charge is 0.406 e. The van der Waals surface area contributed by atoms with E-state index in [4.69, 9.17) is 0 Å². The normalized spacial score (nSPS) is 21.1. The zero-order valence-electron chi connectivity index (χ0n) is 15.6. The summed E-state index contributed by atoms with van der Waals surface area (Å²) in [5.41, 5.74) is 2.29. The molecule has 0 N–H and O–H groups in total. The van der Waals surface area contributed by atoms with Gasteiger partial charge < -0.3 is 9.80 Å². The number of alkyl halides is 3. The Labute approximate surface area is 160 Å². The predicted octanol–water partition coefficient (Wildman–Crippen LogP) is 2.07. The molecule has 10 heteroatoms. The number of hydrogen-bond donors (Lipinski definition) is 0. The molecule has 2 aliphatic heterocycles. The molecule has 4 rings (SSSR count). The van der Waals surface area contributed by atoms with Gasteiger partial charge in [-0.1, -0.05) is 0 Å². The van der Waals surface area contributed by atoms with Crippen LogP contribution < -0.4 is 4.90 Å². The maximum atomic E-state index is 12.6. The van der Waals surface area contributed by atoms with Crippen LogP contribution in [0.2, 0.25) is 0 Å². The molecule has 1 aliphatic carbocycles. The van der Waals surface area contributed by atoms with Gasteiger partial charge >= 0.3 is 12.2 Å². The third-order valence-electron chi connectivity index (χ3n) is 5.65. The lowest BCUT2D eigenvalue weighted by Gasteiger charge is -2.37. The number of piperidine rings is 1. The van der Waals surface area contributed by atoms with Crippen molar-refractivity contribution in [2.45, 2.75) is 51.2 Å². The van der Waals surface area contributed by atoms with Crippen LogP contribution in [0, 0.1) is 6.92 Å². The number of anilines is 1. The molecular formula is C18H22F3N5O2. The third kappa shape index (κ3) is 3.51. The number of imide groups is 1. The van der Waals surface area contributed by atoms with Gasteiger partial charge in [0.15, 0.2) is 0 Å². The van der Waals surface area contributed by atoms with Gasteiger partial charge in [-0.2, -0.15) is 13.2 Å². The van der Waals surface area contributed by atoms with Gasteiger partial charge in [-0.05, 0) is 39.0 Å². The highest BCUT2D eigenvalue weighted by molar-refractivity contribution is 6.02. The number of aromatic nitrogens is 2. The van der Waals surface area contributed by atoms with Crippen LogP contribution in [-0.2, 0) is 17.6 Å². The molecule has 1 aromatic rings. The molecule has 2 fully saturated rings. The second kappa shape index (κ2) is 6.89. The molecule has 3 amide bonds. The van der Waals surface area contributed by atoms with E-state index in [1.165, 1.54) is 10.5 Å². The van der Waals surface area contributed by atoms with E-state index in [-0.39, 0.29) is 12.6 Å². The van der Waals surface area contributed by atoms with Crippen LogP contribution in [0.1, 0.15) is 36.3 Å². The van der Waals surface area contributed by atoms with Crippen molar-refractivity contribution in [3.05, 3.63) is 17.1 Å². The van der Waals surface area contributed by atoms with Crippen LogP contribution in [-0.4, -0.2) is 70.1 Å². The number of carbonyl (C=O) groups excluding carboxylic acids is 2. The number of hydrogen-bond acceptors (Lipinski definition) is 5. The average molecular weight is 397 g/mol. The maximum absolute atomic E-state index is 12.6. The molecule has 2 saturated heterocycles. The number of halogens is 3. The second-order valence-electron chi connectivity index (χ2n) is 7.60. The molecule has 3 aliphatic rings. The fourth-order valence-electron chi connectivity index (χ4n) is 4.36. The predicted molar refractivity (Wildman–Crippen MR) is 93.9 cm³/mol. The number of urea groups is 1. The van der Waals surface area contributed by atoms with E-state index in [0.29, 0.717) is 30.8 Å². The van der Waals surface area contributed by atoms with E-state index >= 15 is 0 Å². The summed E-state index contributed by atoms with van der Waals surface area (Å²) in [6.45, 7) is 1.36. The second-order valence-corrected chi connectivity index (χ2v) is 7.60. The van der Waals surface area contributed by atoms with E-state index < -0.39 is 24.7 Å². The van der Waals surface area contributed by atoms with Crippen molar-refractivity contribution in [3.63, 3.8) is 0 Å². The van der Waals surface area contributed by atoms with Crippen LogP contribution in [0.15, 0.2) is 0 Å². The van der Waals surface area contributed by atoms with Crippen LogP contribution in [0.3, 0.4) is 0 Å². The molecule has 0 radical (unpaired) electrons. The third-order valence-corrected chi connectivity index (χ3v) is 5.65. The van der Waals surface area contributed by atoms with E-state index in [0.717, 1.165) is 36.6 Å². The molecule has 3 heterocycles. The number of carbonyl (C=O) groups is 2. The first-order valence-corrected chi connectivity index (χ1v) is 9.52. The van der Waals surface area contributed by atoms with Gasteiger partial charge in [0.1, 0.15) is 24.7 Å². The number of nitrogens with zero attached hydrogens (tertiary/aromatic N) is 5. The first-order valence-electron chi connectivity index (χ1n) is 9.52. The van der Waals surface area contributed by atoms with Gasteiger partial charge in [-0.3, -0.25) is 9.69 Å². The first-order chi connectivity index (χ1) is 13.2. The Kier molecular flexibility index (Phi) is 4.67. The van der Waals surface area contributed by atoms with Crippen molar-refractivity contribution >= 4 is 17.8 Å². The molecule has 0 bridgehead atoms. The monoisotopic (exact) mass is 397 g/mol. The van der Waals surface area contributed by atoms with Gasteiger partial charge in [-0.25, -0.2) is 14.8 Å². The van der Waals surface area contributed by atoms with Crippen molar-refractivity contribution in [1.29, 1.82) is 0 Å². The Hall–Kier alpha value is -2.39. The van der Waals surface area contributed by atoms with E-state index in [2.05, 4.69) is 14.9 Å². The van der Waals surface area contributed by atoms with Crippen molar-refractivity contribution in [3.8, 4) is 0 Å². The molecule has 0 unspecified atom stereocenters. The van der Waals surface area contributed by atoms with Crippen molar-refractivity contribution in [2.24, 2.45) is 0 Å². The lowest BCUT2D eigenvalue weighted by molar-refractivity contribution is -0.151. The number of aryl methyl sites for hydroxylation is 2. The molecule has 0 saturated carbocycles. The molecule has 1 aromatic heterocycles. The van der Waals surface area contributed by atoms with Crippen LogP contribution in [0.25, 0.3) is 0 Å². The van der Waals surface area contributed by atoms with Crippen molar-refractivity contribution in [1.82, 2.24) is 19.8 Å². The number of rotatable bonds is 3. The summed E-state index contributed by atoms with van der Waals surface area (Å²) in [6, 6.07) is -1.07. The molecule has 28 heavy (non-hydrogen) atoms. The molecule has 0 atom stereocenters. The highest BCUT2D eigenvalue weighted by atomic mass is 19.4. The lowest BCUT2D eigenvalue weighted by atomic mass is 10.0. The summed E-state index contributed by atoms with van der Waals surface area (Å²) >= 11 is 0. The SMILES string of the molecule is Cc1nc2c(c(N3CCC(N4CC(=O)N(CC(F)(F)F)C4=O)CC3)n1)CCC2. The fraction of sp³-hybridized carbons (Fsp3) is 0.667. The van der Waals surface area contributed by atoms with Gasteiger partial charge in [0.25, 0.3) is 5.91 Å². The molecule has 7 nitrogen and oxygen atoms in total. The van der Waals surface area contributed by atoms with E-state index in [1.807, 2.05) is 6.92 Å². The minimum atomic E-state index is -4.59. The smallest absolute Gasteiger partial charge is 0.356 e. The molecule has 0 aromatic carbocycles. The highest BCUT2D eigenvalue weighted by Gasteiger charge is 2.45. The van der Waals surface area contributed by atoms with Gasteiger partial charge in [0, 0.05) is 30.4 Å². The summed E-state index contributed by atoms with van der Waals surface area (Å²) in [5.74, 6) is 0.899. The Morgan fingerprint density at radius 1 is 1.11 bits per heavy atom. The summed E-state index contributed by atoms with van der Waals surface area (Å²) in [6.07, 6.45) is -0.419. The lowest BCUT2D eigenvalue weighted by Crippen LogP contribution is -2.47. The number of fused-ring (bicyclic) bond motifs is 1. The van der Waals surface area contributed by atoms with Crippen LogP contribution in [0.4, 0.5) is 23.8 Å². The van der Waals surface area contributed by atoms with Gasteiger partial charge in [0.05, 0.1) is 0 Å². The van der Waals surface area contributed by atoms with Crippen molar-refractivity contribution in [2.75, 3.05) is 31.1 Å². The molecule has 0 spiro atoms. The quantitative estimate of drug-likeness (QED) is 0.731. The zero-order valence-corrected chi connectivity index (χ0v) is 15.6. The van der Waals surface area contributed by atoms with Gasteiger partial charge in [0.2, 0.25) is 0 Å². The highest BCUT2D eigenvalue weighted by Crippen LogP contribution is 2.32. The van der Waals surface area contributed by atoms with Crippen LogP contribution >= 0.6 is 0 Å². The van der Waals surface area contributed by atoms with E-state index in [1.54, 1.807) is 0 Å². The standard InChI is InChI=1S/C18H22F3N5O2/c1-11-22-14-4-2-3-13(14)16(23-11)24-7-5-12(6-8-24)25-9-15(27)26(17(25)28)10-18(19,20)21/h12H,2-10H2,1H3. The minimum Gasteiger partial charge on any atom is -0.356 e. The average Bonchev–Trinajstić information content (AvgIpc) is 3.20. The fourth-order valence-corrected chi connectivity index (χ4v) is 4.36. The Morgan fingerprint density at radius 3 is 2.50 bits per heavy atom. The Morgan fingerprint density at radius 2 is 1.82 bits per heavy atom. The summed E-state index contributed by atoms with van der Waals surface area (Å²) in [7, 11) is 0. The Bertz CT molecular complexity index is 805.